The van der Waals surface area contributed by atoms with E-state index in [-0.39, 0.29) is 18.9 Å². The molecule has 21 heavy (non-hydrogen) atoms. The molecule has 1 aromatic carbocycles. The third kappa shape index (κ3) is 3.24. The van der Waals surface area contributed by atoms with Crippen molar-refractivity contribution >= 4 is 22.8 Å². The average molecular weight is 286 g/mol. The Hall–Kier alpha value is -2.30. The van der Waals surface area contributed by atoms with Gasteiger partial charge in [-0.3, -0.25) is 9.59 Å². The zero-order valence-corrected chi connectivity index (χ0v) is 11.7. The maximum absolute atomic E-state index is 12.0. The van der Waals surface area contributed by atoms with Crippen LogP contribution in [0.4, 0.5) is 0 Å². The van der Waals surface area contributed by atoms with Gasteiger partial charge in [0.2, 0.25) is 5.91 Å². The van der Waals surface area contributed by atoms with E-state index in [9.17, 15) is 9.59 Å². The number of carbonyl (C=O) groups excluding carboxylic acids is 1. The Labute approximate surface area is 122 Å². The molecule has 2 aromatic rings. The lowest BCUT2D eigenvalue weighted by Crippen LogP contribution is -2.29. The lowest BCUT2D eigenvalue weighted by Gasteiger charge is -2.05. The molecule has 5 nitrogen and oxygen atoms in total. The molecule has 1 aliphatic carbocycles. The second-order valence-corrected chi connectivity index (χ2v) is 5.53. The molecule has 0 bridgehead atoms. The molecular formula is C16H18N2O3. The van der Waals surface area contributed by atoms with Crippen LogP contribution in [0, 0.1) is 0 Å². The molecular weight excluding hydrogens is 268 g/mol. The van der Waals surface area contributed by atoms with Crippen LogP contribution < -0.4 is 5.32 Å². The van der Waals surface area contributed by atoms with Gasteiger partial charge >= 0.3 is 5.97 Å². The van der Waals surface area contributed by atoms with E-state index in [1.165, 1.54) is 0 Å². The van der Waals surface area contributed by atoms with Gasteiger partial charge in [-0.1, -0.05) is 18.2 Å². The summed E-state index contributed by atoms with van der Waals surface area (Å²) >= 11 is 0. The molecule has 0 aliphatic heterocycles. The van der Waals surface area contributed by atoms with Crippen molar-refractivity contribution in [2.45, 2.75) is 38.3 Å². The SMILES string of the molecule is O=C(O)CCc1cn(CC(=O)NC2CC2)c2ccccc12. The molecule has 110 valence electrons. The molecule has 0 unspecified atom stereocenters. The zero-order chi connectivity index (χ0) is 14.8. The van der Waals surface area contributed by atoms with Crippen LogP contribution in [0.2, 0.25) is 0 Å². The highest BCUT2D eigenvalue weighted by atomic mass is 16.4. The first-order valence-electron chi connectivity index (χ1n) is 7.21. The monoisotopic (exact) mass is 286 g/mol. The number of benzene rings is 1. The molecule has 2 N–H and O–H groups in total. The maximum Gasteiger partial charge on any atom is 0.303 e. The summed E-state index contributed by atoms with van der Waals surface area (Å²) in [5.41, 5.74) is 1.95. The normalized spacial score (nSPS) is 14.3. The number of fused-ring (bicyclic) bond motifs is 1. The summed E-state index contributed by atoms with van der Waals surface area (Å²) in [6, 6.07) is 8.15. The number of aromatic nitrogens is 1. The van der Waals surface area contributed by atoms with Gasteiger partial charge in [0, 0.05) is 29.6 Å². The van der Waals surface area contributed by atoms with E-state index in [1.54, 1.807) is 0 Å². The third-order valence-electron chi connectivity index (χ3n) is 3.74. The fourth-order valence-electron chi connectivity index (χ4n) is 2.55. The molecule has 0 saturated heterocycles. The molecule has 0 spiro atoms. The Morgan fingerprint density at radius 3 is 2.76 bits per heavy atom. The molecule has 3 rings (SSSR count). The summed E-state index contributed by atoms with van der Waals surface area (Å²) in [5.74, 6) is -0.790. The van der Waals surface area contributed by atoms with Crippen LogP contribution in [0.15, 0.2) is 30.5 Å². The van der Waals surface area contributed by atoms with Gasteiger partial charge in [0.25, 0.3) is 0 Å². The highest BCUT2D eigenvalue weighted by Gasteiger charge is 2.23. The van der Waals surface area contributed by atoms with Crippen molar-refractivity contribution in [3.63, 3.8) is 0 Å². The Kier molecular flexibility index (Phi) is 3.64. The van der Waals surface area contributed by atoms with Crippen molar-refractivity contribution in [2.75, 3.05) is 0 Å². The predicted octanol–water partition coefficient (Wildman–Crippen LogP) is 1.94. The highest BCUT2D eigenvalue weighted by Crippen LogP contribution is 2.23. The van der Waals surface area contributed by atoms with E-state index < -0.39 is 5.97 Å². The Balaban J connectivity index is 1.83. The zero-order valence-electron chi connectivity index (χ0n) is 11.7. The summed E-state index contributed by atoms with van der Waals surface area (Å²) in [7, 11) is 0. The number of amides is 1. The largest absolute Gasteiger partial charge is 0.481 e. The second-order valence-electron chi connectivity index (χ2n) is 5.53. The van der Waals surface area contributed by atoms with Crippen molar-refractivity contribution in [3.8, 4) is 0 Å². The van der Waals surface area contributed by atoms with Crippen molar-refractivity contribution in [3.05, 3.63) is 36.0 Å². The number of hydrogen-bond acceptors (Lipinski definition) is 2. The van der Waals surface area contributed by atoms with Crippen LogP contribution in [0.5, 0.6) is 0 Å². The number of aryl methyl sites for hydroxylation is 1. The predicted molar refractivity (Wildman–Crippen MR) is 79.1 cm³/mol. The van der Waals surface area contributed by atoms with Crippen molar-refractivity contribution in [2.24, 2.45) is 0 Å². The number of carboxylic acid groups (broad SMARTS) is 1. The van der Waals surface area contributed by atoms with Crippen LogP contribution in [-0.4, -0.2) is 27.6 Å². The van der Waals surface area contributed by atoms with E-state index >= 15 is 0 Å². The lowest BCUT2D eigenvalue weighted by molar-refractivity contribution is -0.137. The number of aliphatic carboxylic acids is 1. The molecule has 0 radical (unpaired) electrons. The van der Waals surface area contributed by atoms with Crippen molar-refractivity contribution in [1.29, 1.82) is 0 Å². The first-order chi connectivity index (χ1) is 10.1. The molecule has 1 fully saturated rings. The molecule has 0 atom stereocenters. The minimum Gasteiger partial charge on any atom is -0.481 e. The Morgan fingerprint density at radius 1 is 1.29 bits per heavy atom. The number of nitrogens with one attached hydrogen (secondary N) is 1. The van der Waals surface area contributed by atoms with E-state index in [1.807, 2.05) is 35.0 Å². The minimum absolute atomic E-state index is 0.0167. The van der Waals surface area contributed by atoms with E-state index in [0.29, 0.717) is 12.5 Å². The summed E-state index contributed by atoms with van der Waals surface area (Å²) in [6.45, 7) is 0.282. The van der Waals surface area contributed by atoms with E-state index in [0.717, 1.165) is 29.3 Å². The molecule has 5 heteroatoms. The fourth-order valence-corrected chi connectivity index (χ4v) is 2.55. The third-order valence-corrected chi connectivity index (χ3v) is 3.74. The second kappa shape index (κ2) is 5.60. The molecule has 1 amide bonds. The Morgan fingerprint density at radius 2 is 2.05 bits per heavy atom. The summed E-state index contributed by atoms with van der Waals surface area (Å²) in [6.07, 6.45) is 4.62. The van der Waals surface area contributed by atoms with Gasteiger partial charge in [-0.05, 0) is 30.9 Å². The smallest absolute Gasteiger partial charge is 0.303 e. The summed E-state index contributed by atoms with van der Waals surface area (Å²) < 4.78 is 1.91. The van der Waals surface area contributed by atoms with Gasteiger partial charge < -0.3 is 15.0 Å². The first kappa shape index (κ1) is 13.7. The maximum atomic E-state index is 12.0. The van der Waals surface area contributed by atoms with Crippen LogP contribution >= 0.6 is 0 Å². The Bertz CT molecular complexity index is 686. The van der Waals surface area contributed by atoms with Gasteiger partial charge in [0.1, 0.15) is 6.54 Å². The topological polar surface area (TPSA) is 71.3 Å². The van der Waals surface area contributed by atoms with E-state index in [2.05, 4.69) is 5.32 Å². The van der Waals surface area contributed by atoms with Gasteiger partial charge in [0.05, 0.1) is 0 Å². The van der Waals surface area contributed by atoms with Crippen LogP contribution in [0.25, 0.3) is 10.9 Å². The molecule has 1 heterocycles. The average Bonchev–Trinajstić information content (AvgIpc) is 3.19. The number of para-hydroxylation sites is 1. The number of carboxylic acids is 1. The number of nitrogens with zero attached hydrogens (tertiary/aromatic N) is 1. The number of carbonyl (C=O) groups is 2. The van der Waals surface area contributed by atoms with Gasteiger partial charge in [0.15, 0.2) is 0 Å². The fraction of sp³-hybridized carbons (Fsp3) is 0.375. The van der Waals surface area contributed by atoms with Gasteiger partial charge in [-0.2, -0.15) is 0 Å². The number of hydrogen-bond donors (Lipinski definition) is 2. The highest BCUT2D eigenvalue weighted by molar-refractivity contribution is 5.86. The van der Waals surface area contributed by atoms with Crippen LogP contribution in [0.3, 0.4) is 0 Å². The van der Waals surface area contributed by atoms with Crippen molar-refractivity contribution in [1.82, 2.24) is 9.88 Å². The van der Waals surface area contributed by atoms with Crippen LogP contribution in [0.1, 0.15) is 24.8 Å². The number of rotatable bonds is 6. The quantitative estimate of drug-likeness (QED) is 0.852. The molecule has 1 aromatic heterocycles. The molecule has 1 saturated carbocycles. The van der Waals surface area contributed by atoms with E-state index in [4.69, 9.17) is 5.11 Å². The summed E-state index contributed by atoms with van der Waals surface area (Å²) in [4.78, 5) is 22.7. The summed E-state index contributed by atoms with van der Waals surface area (Å²) in [5, 5.41) is 12.8. The first-order valence-corrected chi connectivity index (χ1v) is 7.21. The van der Waals surface area contributed by atoms with Crippen LogP contribution in [-0.2, 0) is 22.6 Å². The van der Waals surface area contributed by atoms with Gasteiger partial charge in [-0.15, -0.1) is 0 Å². The lowest BCUT2D eigenvalue weighted by atomic mass is 10.1. The standard InChI is InChI=1S/C16H18N2O3/c19-15(17-12-6-7-12)10-18-9-11(5-8-16(20)21)13-3-1-2-4-14(13)18/h1-4,9,12H,5-8,10H2,(H,17,19)(H,20,21). The molecule has 1 aliphatic rings. The van der Waals surface area contributed by atoms with Gasteiger partial charge in [-0.25, -0.2) is 0 Å². The van der Waals surface area contributed by atoms with Crippen molar-refractivity contribution < 1.29 is 14.7 Å². The minimum atomic E-state index is -0.807.